The summed E-state index contributed by atoms with van der Waals surface area (Å²) in [4.78, 5) is 3.95. The van der Waals surface area contributed by atoms with Crippen molar-refractivity contribution in [3.8, 4) is 0 Å². The van der Waals surface area contributed by atoms with Gasteiger partial charge in [0.25, 0.3) is 0 Å². The Hall–Kier alpha value is -1.71. The highest BCUT2D eigenvalue weighted by molar-refractivity contribution is 5.13. The summed E-state index contributed by atoms with van der Waals surface area (Å²) in [6, 6.07) is 14.8. The van der Waals surface area contributed by atoms with E-state index in [2.05, 4.69) is 4.98 Å². The molecule has 16 heavy (non-hydrogen) atoms. The number of pyridine rings is 1. The lowest BCUT2D eigenvalue weighted by Gasteiger charge is -2.08. The monoisotopic (exact) mass is 214 g/mol. The van der Waals surface area contributed by atoms with Crippen molar-refractivity contribution >= 4 is 0 Å². The topological polar surface area (TPSA) is 42.0 Å². The molecule has 0 saturated heterocycles. The first-order valence-corrected chi connectivity index (χ1v) is 5.08. The Morgan fingerprint density at radius 1 is 1.06 bits per heavy atom. The van der Waals surface area contributed by atoms with Crippen molar-refractivity contribution in [2.24, 2.45) is 0 Å². The Balaban J connectivity index is 1.92. The van der Waals surface area contributed by atoms with Gasteiger partial charge in [-0.15, -0.1) is 0 Å². The molecule has 1 heterocycles. The summed E-state index contributed by atoms with van der Waals surface area (Å²) >= 11 is 0. The number of aromatic nitrogens is 1. The van der Waals surface area contributed by atoms with Crippen LogP contribution in [0.25, 0.3) is 0 Å². The van der Waals surface area contributed by atoms with Crippen molar-refractivity contribution in [2.75, 3.05) is 0 Å². The molecule has 2 rings (SSSR count). The average Bonchev–Trinajstić information content (AvgIpc) is 2.38. The summed E-state index contributed by atoms with van der Waals surface area (Å²) in [5.74, 6) is 0. The van der Waals surface area contributed by atoms with Crippen molar-refractivity contribution < 1.29 is 9.84 Å². The van der Waals surface area contributed by atoms with Gasteiger partial charge in [0.15, 0.2) is 0 Å². The van der Waals surface area contributed by atoms with Crippen LogP contribution >= 0.6 is 0 Å². The zero-order valence-electron chi connectivity index (χ0n) is 8.74. The van der Waals surface area contributed by atoms with Gasteiger partial charge in [0.05, 0.1) is 12.3 Å². The first-order valence-electron chi connectivity index (χ1n) is 5.08. The van der Waals surface area contributed by atoms with Crippen LogP contribution in [-0.2, 0) is 16.5 Å². The molecule has 1 radical (unpaired) electrons. The van der Waals surface area contributed by atoms with Crippen LogP contribution in [0, 0.1) is 0 Å². The second-order valence-corrected chi connectivity index (χ2v) is 3.38. The summed E-state index contributed by atoms with van der Waals surface area (Å²) in [7, 11) is 0. The number of benzene rings is 1. The molecule has 0 amide bonds. The molecule has 0 saturated carbocycles. The molecule has 2 aromatic rings. The Bertz CT molecular complexity index is 416. The molecule has 0 spiro atoms. The van der Waals surface area contributed by atoms with Gasteiger partial charge < -0.3 is 4.74 Å². The third kappa shape index (κ3) is 2.89. The molecule has 0 aliphatic rings. The molecule has 0 fully saturated rings. The SMILES string of the molecule is [O]C(OCc1ccccc1)c1ccccn1. The lowest BCUT2D eigenvalue weighted by Crippen LogP contribution is -2.03. The van der Waals surface area contributed by atoms with Crippen molar-refractivity contribution in [3.05, 3.63) is 66.0 Å². The van der Waals surface area contributed by atoms with Crippen LogP contribution < -0.4 is 0 Å². The molecular weight excluding hydrogens is 202 g/mol. The van der Waals surface area contributed by atoms with Crippen molar-refractivity contribution in [3.63, 3.8) is 0 Å². The molecule has 0 aliphatic carbocycles. The maximum absolute atomic E-state index is 11.6. The number of nitrogens with zero attached hydrogens (tertiary/aromatic N) is 1. The molecule has 1 unspecified atom stereocenters. The maximum atomic E-state index is 11.6. The predicted octanol–water partition coefficient (Wildman–Crippen LogP) is 2.73. The van der Waals surface area contributed by atoms with Crippen LogP contribution in [0.2, 0.25) is 0 Å². The predicted molar refractivity (Wildman–Crippen MR) is 58.9 cm³/mol. The van der Waals surface area contributed by atoms with Gasteiger partial charge in [-0.2, -0.15) is 5.11 Å². The highest BCUT2D eigenvalue weighted by Crippen LogP contribution is 2.14. The second-order valence-electron chi connectivity index (χ2n) is 3.38. The minimum atomic E-state index is -1.22. The summed E-state index contributed by atoms with van der Waals surface area (Å²) in [6.45, 7) is 0.311. The minimum absolute atomic E-state index is 0.311. The van der Waals surface area contributed by atoms with Crippen LogP contribution in [0.15, 0.2) is 54.7 Å². The second kappa shape index (κ2) is 5.39. The number of rotatable bonds is 4. The zero-order chi connectivity index (χ0) is 11.2. The summed E-state index contributed by atoms with van der Waals surface area (Å²) in [5, 5.41) is 11.6. The molecule has 0 bridgehead atoms. The van der Waals surface area contributed by atoms with Gasteiger partial charge in [-0.3, -0.25) is 4.98 Å². The van der Waals surface area contributed by atoms with E-state index in [0.29, 0.717) is 12.3 Å². The molecule has 0 aliphatic heterocycles. The lowest BCUT2D eigenvalue weighted by molar-refractivity contribution is -0.154. The first-order chi connectivity index (χ1) is 7.86. The molecule has 3 nitrogen and oxygen atoms in total. The summed E-state index contributed by atoms with van der Waals surface area (Å²) in [5.41, 5.74) is 1.40. The first kappa shape index (κ1) is 10.8. The summed E-state index contributed by atoms with van der Waals surface area (Å²) in [6.07, 6.45) is 0.368. The van der Waals surface area contributed by atoms with Gasteiger partial charge in [-0.05, 0) is 17.7 Å². The van der Waals surface area contributed by atoms with E-state index in [4.69, 9.17) is 4.74 Å². The fourth-order valence-corrected chi connectivity index (χ4v) is 1.35. The highest BCUT2D eigenvalue weighted by Gasteiger charge is 2.10. The van der Waals surface area contributed by atoms with E-state index < -0.39 is 6.29 Å². The third-order valence-corrected chi connectivity index (χ3v) is 2.17. The fourth-order valence-electron chi connectivity index (χ4n) is 1.35. The normalized spacial score (nSPS) is 12.3. The van der Waals surface area contributed by atoms with Gasteiger partial charge >= 0.3 is 0 Å². The number of hydrogen-bond donors (Lipinski definition) is 0. The van der Waals surface area contributed by atoms with Crippen molar-refractivity contribution in [2.45, 2.75) is 12.9 Å². The van der Waals surface area contributed by atoms with Gasteiger partial charge in [0.1, 0.15) is 0 Å². The van der Waals surface area contributed by atoms with Crippen LogP contribution in [0.4, 0.5) is 0 Å². The molecular formula is C13H12NO2. The number of ether oxygens (including phenoxy) is 1. The van der Waals surface area contributed by atoms with Gasteiger partial charge in [-0.25, -0.2) is 0 Å². The Labute approximate surface area is 94.3 Å². The quantitative estimate of drug-likeness (QED) is 0.734. The molecule has 1 aromatic heterocycles. The van der Waals surface area contributed by atoms with Crippen LogP contribution in [0.3, 0.4) is 0 Å². The smallest absolute Gasteiger partial charge is 0.234 e. The van der Waals surface area contributed by atoms with Crippen molar-refractivity contribution in [1.82, 2.24) is 4.98 Å². The maximum Gasteiger partial charge on any atom is 0.234 e. The Morgan fingerprint density at radius 2 is 1.81 bits per heavy atom. The van der Waals surface area contributed by atoms with Crippen LogP contribution in [-0.4, -0.2) is 4.98 Å². The molecule has 1 atom stereocenters. The van der Waals surface area contributed by atoms with Crippen molar-refractivity contribution in [1.29, 1.82) is 0 Å². The van der Waals surface area contributed by atoms with E-state index >= 15 is 0 Å². The van der Waals surface area contributed by atoms with E-state index in [0.717, 1.165) is 5.56 Å². The molecule has 1 aromatic carbocycles. The van der Waals surface area contributed by atoms with E-state index in [-0.39, 0.29) is 0 Å². The fraction of sp³-hybridized carbons (Fsp3) is 0.154. The molecule has 3 heteroatoms. The Kier molecular flexibility index (Phi) is 3.64. The van der Waals surface area contributed by atoms with E-state index in [9.17, 15) is 5.11 Å². The molecule has 81 valence electrons. The lowest BCUT2D eigenvalue weighted by atomic mass is 10.2. The number of hydrogen-bond acceptors (Lipinski definition) is 2. The standard InChI is InChI=1S/C13H12NO2/c15-13(12-8-4-5-9-14-12)16-10-11-6-2-1-3-7-11/h1-9,13H,10H2. The minimum Gasteiger partial charge on any atom is -0.340 e. The summed E-state index contributed by atoms with van der Waals surface area (Å²) < 4.78 is 5.20. The van der Waals surface area contributed by atoms with E-state index in [1.54, 1.807) is 24.4 Å². The third-order valence-electron chi connectivity index (χ3n) is 2.17. The van der Waals surface area contributed by atoms with Gasteiger partial charge in [0.2, 0.25) is 6.29 Å². The van der Waals surface area contributed by atoms with Crippen LogP contribution in [0.5, 0.6) is 0 Å². The van der Waals surface area contributed by atoms with Gasteiger partial charge in [0, 0.05) is 6.20 Å². The highest BCUT2D eigenvalue weighted by atomic mass is 16.6. The largest absolute Gasteiger partial charge is 0.340 e. The van der Waals surface area contributed by atoms with E-state index in [1.807, 2.05) is 30.3 Å². The zero-order valence-corrected chi connectivity index (χ0v) is 8.74. The van der Waals surface area contributed by atoms with E-state index in [1.165, 1.54) is 0 Å². The average molecular weight is 214 g/mol. The van der Waals surface area contributed by atoms with Crippen LogP contribution in [0.1, 0.15) is 17.5 Å². The Morgan fingerprint density at radius 3 is 2.50 bits per heavy atom. The van der Waals surface area contributed by atoms with Gasteiger partial charge in [-0.1, -0.05) is 36.4 Å². The molecule has 0 N–H and O–H groups in total.